The molecule has 0 radical (unpaired) electrons. The number of nitrogens with one attached hydrogen (secondary N) is 1. The standard InChI is InChI=1S/C14H23N3O2/c1-10-5-11(6-15-2)7-16-14(10)17-8-12(18-3)13(9-17)19-4/h5,7,12-13,15H,6,8-9H2,1-4H3. The lowest BCUT2D eigenvalue weighted by atomic mass is 10.2. The van der Waals surface area contributed by atoms with Crippen LogP contribution >= 0.6 is 0 Å². The van der Waals surface area contributed by atoms with Gasteiger partial charge in [0.05, 0.1) is 0 Å². The molecule has 19 heavy (non-hydrogen) atoms. The van der Waals surface area contributed by atoms with Gasteiger partial charge in [0.15, 0.2) is 0 Å². The van der Waals surface area contributed by atoms with Crippen molar-refractivity contribution >= 4 is 5.82 Å². The molecule has 0 bridgehead atoms. The van der Waals surface area contributed by atoms with Crippen LogP contribution in [0.5, 0.6) is 0 Å². The minimum absolute atomic E-state index is 0.114. The van der Waals surface area contributed by atoms with E-state index < -0.39 is 0 Å². The van der Waals surface area contributed by atoms with E-state index in [1.54, 1.807) is 14.2 Å². The molecule has 1 aromatic rings. The fourth-order valence-corrected chi connectivity index (χ4v) is 2.63. The lowest BCUT2D eigenvalue weighted by Crippen LogP contribution is -2.27. The van der Waals surface area contributed by atoms with Crippen molar-refractivity contribution in [2.24, 2.45) is 0 Å². The van der Waals surface area contributed by atoms with Gasteiger partial charge in [-0.15, -0.1) is 0 Å². The fraction of sp³-hybridized carbons (Fsp3) is 0.643. The Hall–Kier alpha value is -1.17. The maximum absolute atomic E-state index is 5.46. The highest BCUT2D eigenvalue weighted by Gasteiger charge is 2.34. The van der Waals surface area contributed by atoms with E-state index in [0.717, 1.165) is 25.5 Å². The highest BCUT2D eigenvalue weighted by molar-refractivity contribution is 5.49. The van der Waals surface area contributed by atoms with Gasteiger partial charge in [-0.1, -0.05) is 0 Å². The van der Waals surface area contributed by atoms with E-state index in [2.05, 4.69) is 28.2 Å². The summed E-state index contributed by atoms with van der Waals surface area (Å²) in [5, 5.41) is 3.14. The molecule has 0 aliphatic carbocycles. The third kappa shape index (κ3) is 3.05. The summed E-state index contributed by atoms with van der Waals surface area (Å²) in [6.07, 6.45) is 2.16. The van der Waals surface area contributed by atoms with Crippen molar-refractivity contribution in [3.8, 4) is 0 Å². The second kappa shape index (κ2) is 6.32. The highest BCUT2D eigenvalue weighted by atomic mass is 16.5. The molecule has 2 unspecified atom stereocenters. The van der Waals surface area contributed by atoms with Gasteiger partial charge >= 0.3 is 0 Å². The molecule has 2 atom stereocenters. The van der Waals surface area contributed by atoms with Gasteiger partial charge in [0, 0.05) is 40.1 Å². The molecule has 1 aliphatic heterocycles. The van der Waals surface area contributed by atoms with E-state index in [-0.39, 0.29) is 12.2 Å². The van der Waals surface area contributed by atoms with Crippen LogP contribution in [0.15, 0.2) is 12.3 Å². The number of aromatic nitrogens is 1. The van der Waals surface area contributed by atoms with E-state index in [1.165, 1.54) is 11.1 Å². The molecule has 0 amide bonds. The van der Waals surface area contributed by atoms with Gasteiger partial charge in [0.1, 0.15) is 18.0 Å². The van der Waals surface area contributed by atoms with Crippen LogP contribution in [0, 0.1) is 6.92 Å². The molecule has 1 fully saturated rings. The summed E-state index contributed by atoms with van der Waals surface area (Å²) in [7, 11) is 5.41. The van der Waals surface area contributed by atoms with Crippen molar-refractivity contribution in [2.75, 3.05) is 39.3 Å². The van der Waals surface area contributed by atoms with Gasteiger partial charge in [0.2, 0.25) is 0 Å². The third-order valence-corrected chi connectivity index (χ3v) is 3.61. The summed E-state index contributed by atoms with van der Waals surface area (Å²) in [5.41, 5.74) is 2.40. The first-order chi connectivity index (χ1) is 9.19. The molecule has 1 saturated heterocycles. The largest absolute Gasteiger partial charge is 0.377 e. The van der Waals surface area contributed by atoms with Crippen molar-refractivity contribution in [1.29, 1.82) is 0 Å². The zero-order valence-electron chi connectivity index (χ0n) is 12.1. The summed E-state index contributed by atoms with van der Waals surface area (Å²) in [4.78, 5) is 6.83. The number of hydrogen-bond acceptors (Lipinski definition) is 5. The van der Waals surface area contributed by atoms with Gasteiger partial charge in [-0.3, -0.25) is 0 Å². The molecule has 2 heterocycles. The summed E-state index contributed by atoms with van der Waals surface area (Å²) in [6.45, 7) is 4.60. The minimum atomic E-state index is 0.114. The Balaban J connectivity index is 2.14. The summed E-state index contributed by atoms with van der Waals surface area (Å²) < 4.78 is 10.9. The van der Waals surface area contributed by atoms with Crippen molar-refractivity contribution in [1.82, 2.24) is 10.3 Å². The highest BCUT2D eigenvalue weighted by Crippen LogP contribution is 2.25. The Morgan fingerprint density at radius 2 is 1.95 bits per heavy atom. The number of rotatable bonds is 5. The van der Waals surface area contributed by atoms with Crippen LogP contribution in [0.25, 0.3) is 0 Å². The number of methoxy groups -OCH3 is 2. The number of pyridine rings is 1. The van der Waals surface area contributed by atoms with Crippen LogP contribution in [-0.4, -0.2) is 51.5 Å². The molecular weight excluding hydrogens is 242 g/mol. The lowest BCUT2D eigenvalue weighted by Gasteiger charge is -2.19. The first-order valence-corrected chi connectivity index (χ1v) is 6.60. The number of nitrogens with zero attached hydrogens (tertiary/aromatic N) is 2. The number of hydrogen-bond donors (Lipinski definition) is 1. The van der Waals surface area contributed by atoms with Gasteiger partial charge in [-0.05, 0) is 31.2 Å². The van der Waals surface area contributed by atoms with Crippen LogP contribution in [0.3, 0.4) is 0 Å². The Labute approximate surface area is 114 Å². The molecule has 1 aromatic heterocycles. The topological polar surface area (TPSA) is 46.6 Å². The predicted molar refractivity (Wildman–Crippen MR) is 75.5 cm³/mol. The van der Waals surface area contributed by atoms with Gasteiger partial charge in [0.25, 0.3) is 0 Å². The molecule has 0 spiro atoms. The molecular formula is C14H23N3O2. The predicted octanol–water partition coefficient (Wildman–Crippen LogP) is 0.959. The van der Waals surface area contributed by atoms with Crippen molar-refractivity contribution in [2.45, 2.75) is 25.7 Å². The number of ether oxygens (including phenoxy) is 2. The lowest BCUT2D eigenvalue weighted by molar-refractivity contribution is -0.00461. The molecule has 1 aliphatic rings. The van der Waals surface area contributed by atoms with Crippen LogP contribution < -0.4 is 10.2 Å². The van der Waals surface area contributed by atoms with E-state index in [1.807, 2.05) is 13.2 Å². The zero-order valence-corrected chi connectivity index (χ0v) is 12.1. The fourth-order valence-electron chi connectivity index (χ4n) is 2.63. The Morgan fingerprint density at radius 1 is 1.32 bits per heavy atom. The Bertz CT molecular complexity index is 413. The monoisotopic (exact) mass is 265 g/mol. The first kappa shape index (κ1) is 14.2. The normalized spacial score (nSPS) is 23.1. The molecule has 106 valence electrons. The van der Waals surface area contributed by atoms with Gasteiger partial charge in [-0.25, -0.2) is 4.98 Å². The van der Waals surface area contributed by atoms with Crippen LogP contribution in [0.4, 0.5) is 5.82 Å². The van der Waals surface area contributed by atoms with Gasteiger partial charge < -0.3 is 19.7 Å². The van der Waals surface area contributed by atoms with Gasteiger partial charge in [-0.2, -0.15) is 0 Å². The average molecular weight is 265 g/mol. The summed E-state index contributed by atoms with van der Waals surface area (Å²) >= 11 is 0. The van der Waals surface area contributed by atoms with Crippen molar-refractivity contribution in [3.05, 3.63) is 23.4 Å². The number of anilines is 1. The Morgan fingerprint density at radius 3 is 2.42 bits per heavy atom. The zero-order chi connectivity index (χ0) is 13.8. The number of aryl methyl sites for hydroxylation is 1. The first-order valence-electron chi connectivity index (χ1n) is 6.60. The molecule has 0 aromatic carbocycles. The second-order valence-electron chi connectivity index (χ2n) is 4.97. The van der Waals surface area contributed by atoms with E-state index in [4.69, 9.17) is 9.47 Å². The van der Waals surface area contributed by atoms with Crippen molar-refractivity contribution in [3.63, 3.8) is 0 Å². The molecule has 2 rings (SSSR count). The Kier molecular flexibility index (Phi) is 4.74. The van der Waals surface area contributed by atoms with E-state index >= 15 is 0 Å². The molecule has 0 saturated carbocycles. The summed E-state index contributed by atoms with van der Waals surface area (Å²) in [5.74, 6) is 1.03. The summed E-state index contributed by atoms with van der Waals surface area (Å²) in [6, 6.07) is 2.18. The second-order valence-corrected chi connectivity index (χ2v) is 4.97. The average Bonchev–Trinajstić information content (AvgIpc) is 2.82. The maximum Gasteiger partial charge on any atom is 0.131 e. The minimum Gasteiger partial charge on any atom is -0.377 e. The molecule has 5 nitrogen and oxygen atoms in total. The smallest absolute Gasteiger partial charge is 0.131 e. The maximum atomic E-state index is 5.46. The van der Waals surface area contributed by atoms with Crippen LogP contribution in [0.1, 0.15) is 11.1 Å². The SMILES string of the molecule is CNCc1cnc(N2CC(OC)C(OC)C2)c(C)c1. The molecule has 1 N–H and O–H groups in total. The van der Waals surface area contributed by atoms with E-state index in [9.17, 15) is 0 Å². The van der Waals surface area contributed by atoms with Crippen LogP contribution in [0.2, 0.25) is 0 Å². The van der Waals surface area contributed by atoms with Crippen LogP contribution in [-0.2, 0) is 16.0 Å². The van der Waals surface area contributed by atoms with Crippen molar-refractivity contribution < 1.29 is 9.47 Å². The van der Waals surface area contributed by atoms with E-state index in [0.29, 0.717) is 0 Å². The molecule has 5 heteroatoms. The quantitative estimate of drug-likeness (QED) is 0.859. The third-order valence-electron chi connectivity index (χ3n) is 3.61.